The highest BCUT2D eigenvalue weighted by molar-refractivity contribution is 6.34. The predicted molar refractivity (Wildman–Crippen MR) is 195 cm³/mol. The van der Waals surface area contributed by atoms with E-state index in [4.69, 9.17) is 20.8 Å². The number of amides is 3. The van der Waals surface area contributed by atoms with E-state index < -0.39 is 23.8 Å². The lowest BCUT2D eigenvalue weighted by Gasteiger charge is -2.24. The van der Waals surface area contributed by atoms with E-state index in [-0.39, 0.29) is 29.6 Å². The molecule has 9 nitrogen and oxygen atoms in total. The largest absolute Gasteiger partial charge is 0.496 e. The molecule has 2 N–H and O–H groups in total. The Labute approximate surface area is 301 Å². The highest BCUT2D eigenvalue weighted by atomic mass is 35.5. The van der Waals surface area contributed by atoms with Crippen LogP contribution in [0.15, 0.2) is 95.4 Å². The number of methoxy groups -OCH3 is 1. The van der Waals surface area contributed by atoms with Gasteiger partial charge < -0.3 is 19.8 Å². The number of nitrogens with zero attached hydrogens (tertiary/aromatic N) is 2. The molecule has 2 heterocycles. The van der Waals surface area contributed by atoms with Gasteiger partial charge in [-0.1, -0.05) is 65.7 Å². The maximum atomic E-state index is 14.0. The zero-order valence-electron chi connectivity index (χ0n) is 28.7. The van der Waals surface area contributed by atoms with Crippen LogP contribution in [-0.2, 0) is 13.0 Å². The summed E-state index contributed by atoms with van der Waals surface area (Å²) in [5.41, 5.74) is 5.85. The van der Waals surface area contributed by atoms with Crippen molar-refractivity contribution in [2.45, 2.75) is 45.8 Å². The van der Waals surface area contributed by atoms with Crippen molar-refractivity contribution in [3.63, 3.8) is 0 Å². The molecule has 3 amide bonds. The summed E-state index contributed by atoms with van der Waals surface area (Å²) in [5.74, 6) is 0.267. The van der Waals surface area contributed by atoms with Gasteiger partial charge in [-0.05, 0) is 80.3 Å². The summed E-state index contributed by atoms with van der Waals surface area (Å²) in [5, 5.41) is 16.1. The monoisotopic (exact) mass is 700 g/mol. The van der Waals surface area contributed by atoms with Crippen molar-refractivity contribution in [1.82, 2.24) is 15.5 Å². The summed E-state index contributed by atoms with van der Waals surface area (Å²) in [6, 6.07) is 28.8. The van der Waals surface area contributed by atoms with Gasteiger partial charge in [0.2, 0.25) is 0 Å². The average Bonchev–Trinajstić information content (AvgIpc) is 3.69. The molecule has 6 rings (SSSR count). The Morgan fingerprint density at radius 3 is 2.29 bits per heavy atom. The zero-order valence-corrected chi connectivity index (χ0v) is 29.5. The van der Waals surface area contributed by atoms with Crippen LogP contribution in [0.2, 0.25) is 5.02 Å². The minimum atomic E-state index is -0.689. The lowest BCUT2D eigenvalue weighted by molar-refractivity contribution is 0.0628. The van der Waals surface area contributed by atoms with E-state index in [1.165, 1.54) is 12.7 Å². The fourth-order valence-corrected chi connectivity index (χ4v) is 6.49. The van der Waals surface area contributed by atoms with E-state index in [1.807, 2.05) is 25.1 Å². The van der Waals surface area contributed by atoms with Gasteiger partial charge in [-0.3, -0.25) is 19.3 Å². The molecule has 2 atom stereocenters. The van der Waals surface area contributed by atoms with Gasteiger partial charge >= 0.3 is 0 Å². The second kappa shape index (κ2) is 15.1. The average molecular weight is 701 g/mol. The van der Waals surface area contributed by atoms with E-state index >= 15 is 0 Å². The summed E-state index contributed by atoms with van der Waals surface area (Å²) in [7, 11) is 1.52. The van der Waals surface area contributed by atoms with E-state index in [2.05, 4.69) is 54.8 Å². The van der Waals surface area contributed by atoms with E-state index in [9.17, 15) is 19.6 Å². The smallest absolute Gasteiger partial charge is 0.261 e. The van der Waals surface area contributed by atoms with E-state index in [1.54, 1.807) is 48.5 Å². The maximum Gasteiger partial charge on any atom is 0.261 e. The maximum absolute atomic E-state index is 14.0. The Morgan fingerprint density at radius 1 is 0.941 bits per heavy atom. The molecule has 5 aromatic rings. The Balaban J connectivity index is 1.24. The lowest BCUT2D eigenvalue weighted by atomic mass is 9.99. The Morgan fingerprint density at radius 2 is 1.65 bits per heavy atom. The number of furan rings is 1. The van der Waals surface area contributed by atoms with Crippen molar-refractivity contribution in [3.05, 3.63) is 146 Å². The first-order valence-corrected chi connectivity index (χ1v) is 17.0. The molecule has 2 unspecified atom stereocenters. The van der Waals surface area contributed by atoms with E-state index in [0.717, 1.165) is 21.6 Å². The molecule has 0 aliphatic carbocycles. The number of halogens is 1. The van der Waals surface area contributed by atoms with Crippen LogP contribution in [0, 0.1) is 25.2 Å². The molecule has 0 saturated heterocycles. The number of carbonyl (C=O) groups is 3. The van der Waals surface area contributed by atoms with Crippen LogP contribution < -0.4 is 15.4 Å². The number of hydrogen-bond donors (Lipinski definition) is 2. The molecule has 4 aromatic carbocycles. The van der Waals surface area contributed by atoms with E-state index in [0.29, 0.717) is 46.1 Å². The summed E-state index contributed by atoms with van der Waals surface area (Å²) in [6.45, 7) is 6.38. The molecule has 0 saturated carbocycles. The molecular formula is C41H37ClN4O5. The molecule has 1 aliphatic rings. The third kappa shape index (κ3) is 7.58. The van der Waals surface area contributed by atoms with Crippen LogP contribution in [-0.4, -0.2) is 42.3 Å². The molecule has 1 aliphatic heterocycles. The molecule has 10 heteroatoms. The van der Waals surface area contributed by atoms with Crippen molar-refractivity contribution in [2.75, 3.05) is 13.7 Å². The minimum absolute atomic E-state index is 0.0761. The number of fused-ring (bicyclic) bond motifs is 1. The highest BCUT2D eigenvalue weighted by Crippen LogP contribution is 2.36. The Bertz CT molecular complexity index is 2130. The normalized spacial score (nSPS) is 13.5. The number of benzene rings is 4. The Hall–Kier alpha value is -5.69. The first-order valence-electron chi connectivity index (χ1n) is 16.6. The molecular weight excluding hydrogens is 664 g/mol. The van der Waals surface area contributed by atoms with Crippen LogP contribution in [0.1, 0.15) is 77.6 Å². The van der Waals surface area contributed by atoms with Gasteiger partial charge in [-0.2, -0.15) is 5.26 Å². The number of carbonyl (C=O) groups excluding carboxylic acids is 3. The molecule has 0 radical (unpaired) electrons. The third-order valence-corrected chi connectivity index (χ3v) is 9.44. The van der Waals surface area contributed by atoms with Crippen molar-refractivity contribution in [2.24, 2.45) is 0 Å². The highest BCUT2D eigenvalue weighted by Gasteiger charge is 2.37. The van der Waals surface area contributed by atoms with Crippen molar-refractivity contribution in [3.8, 4) is 23.1 Å². The second-order valence-electron chi connectivity index (χ2n) is 12.7. The SMILES string of the molecule is COc1cc(Cl)c(C(=O)NC(Cc2ccc(C#N)c(C)c2)CN2C(=O)c3ccccc3C2=O)cc1-c1ccc(CNC(C)c2ccc(C)cc2)o1. The number of ether oxygens (including phenoxy) is 1. The van der Waals surface area contributed by atoms with Crippen LogP contribution in [0.3, 0.4) is 0 Å². The lowest BCUT2D eigenvalue weighted by Crippen LogP contribution is -2.47. The number of aryl methyl sites for hydroxylation is 2. The van der Waals surface area contributed by atoms with Gasteiger partial charge in [0.05, 0.1) is 58.6 Å². The van der Waals surface area contributed by atoms with Gasteiger partial charge in [-0.25, -0.2) is 0 Å². The van der Waals surface area contributed by atoms with Crippen LogP contribution in [0.25, 0.3) is 11.3 Å². The summed E-state index contributed by atoms with van der Waals surface area (Å²) in [4.78, 5) is 41.7. The van der Waals surface area contributed by atoms with Gasteiger partial charge in [0, 0.05) is 18.7 Å². The molecule has 51 heavy (non-hydrogen) atoms. The number of hydrogen-bond acceptors (Lipinski definition) is 7. The van der Waals surface area contributed by atoms with Crippen molar-refractivity contribution >= 4 is 29.3 Å². The number of rotatable bonds is 12. The standard InChI is InChI=1S/C41H37ClN4O5/c1-24-9-12-28(13-10-24)26(3)44-22-31-15-16-37(51-31)35-19-34(36(42)20-38(35)50-4)39(47)45-30(18-27-11-14-29(21-43)25(2)17-27)23-46-40(48)32-7-5-6-8-33(32)41(46)49/h5-17,19-20,26,30,44H,18,22-23H2,1-4H3,(H,45,47). The van der Waals surface area contributed by atoms with Gasteiger partial charge in [-0.15, -0.1) is 0 Å². The third-order valence-electron chi connectivity index (χ3n) is 9.13. The van der Waals surface area contributed by atoms with Gasteiger partial charge in [0.15, 0.2) is 0 Å². The van der Waals surface area contributed by atoms with Crippen LogP contribution in [0.4, 0.5) is 0 Å². The molecule has 0 fully saturated rings. The van der Waals surface area contributed by atoms with Gasteiger partial charge in [0.25, 0.3) is 17.7 Å². The topological polar surface area (TPSA) is 125 Å². The predicted octanol–water partition coefficient (Wildman–Crippen LogP) is 7.59. The van der Waals surface area contributed by atoms with Crippen molar-refractivity contribution < 1.29 is 23.5 Å². The zero-order chi connectivity index (χ0) is 36.2. The first kappa shape index (κ1) is 35.1. The molecule has 0 spiro atoms. The first-order chi connectivity index (χ1) is 24.6. The molecule has 0 bridgehead atoms. The quantitative estimate of drug-likeness (QED) is 0.129. The number of imide groups is 1. The summed E-state index contributed by atoms with van der Waals surface area (Å²) >= 11 is 6.66. The molecule has 1 aromatic heterocycles. The van der Waals surface area contributed by atoms with Crippen LogP contribution >= 0.6 is 11.6 Å². The second-order valence-corrected chi connectivity index (χ2v) is 13.1. The number of nitriles is 1. The van der Waals surface area contributed by atoms with Gasteiger partial charge in [0.1, 0.15) is 17.3 Å². The number of nitrogens with one attached hydrogen (secondary N) is 2. The minimum Gasteiger partial charge on any atom is -0.496 e. The summed E-state index contributed by atoms with van der Waals surface area (Å²) in [6.07, 6.45) is 0.280. The van der Waals surface area contributed by atoms with Crippen LogP contribution in [0.5, 0.6) is 5.75 Å². The fraction of sp³-hybridized carbons (Fsp3) is 0.220. The Kier molecular flexibility index (Phi) is 10.4. The van der Waals surface area contributed by atoms with Crippen molar-refractivity contribution in [1.29, 1.82) is 5.26 Å². The molecule has 258 valence electrons. The fourth-order valence-electron chi connectivity index (χ4n) is 6.25. The summed E-state index contributed by atoms with van der Waals surface area (Å²) < 4.78 is 11.8.